The zero-order chi connectivity index (χ0) is 24.3. The SMILES string of the molecule is NC(=O)OCCN1C(=O)COc2cc(Nc3ccc(N4CCC(C(F)(F)F)CC4)cc3)ccc21. The third-order valence-corrected chi connectivity index (χ3v) is 5.94. The number of piperidine rings is 1. The number of primary amides is 1. The monoisotopic (exact) mass is 478 g/mol. The number of nitrogens with one attached hydrogen (secondary N) is 1. The molecule has 2 aromatic carbocycles. The third-order valence-electron chi connectivity index (χ3n) is 5.94. The molecule has 2 aliphatic rings. The minimum atomic E-state index is -4.12. The highest BCUT2D eigenvalue weighted by Crippen LogP contribution is 2.37. The van der Waals surface area contributed by atoms with Crippen LogP contribution >= 0.6 is 0 Å². The van der Waals surface area contributed by atoms with Crippen LogP contribution in [0.4, 0.5) is 40.7 Å². The van der Waals surface area contributed by atoms with E-state index in [4.69, 9.17) is 15.2 Å². The van der Waals surface area contributed by atoms with Crippen molar-refractivity contribution in [3.05, 3.63) is 42.5 Å². The van der Waals surface area contributed by atoms with Gasteiger partial charge >= 0.3 is 12.3 Å². The highest BCUT2D eigenvalue weighted by molar-refractivity contribution is 5.98. The summed E-state index contributed by atoms with van der Waals surface area (Å²) in [6, 6.07) is 12.8. The van der Waals surface area contributed by atoms with Crippen LogP contribution in [0, 0.1) is 5.92 Å². The van der Waals surface area contributed by atoms with Gasteiger partial charge in [0.1, 0.15) is 12.4 Å². The molecule has 8 nitrogen and oxygen atoms in total. The summed E-state index contributed by atoms with van der Waals surface area (Å²) in [6.45, 7) is 0.748. The zero-order valence-electron chi connectivity index (χ0n) is 18.3. The maximum Gasteiger partial charge on any atom is 0.404 e. The van der Waals surface area contributed by atoms with Crippen molar-refractivity contribution < 1.29 is 32.2 Å². The summed E-state index contributed by atoms with van der Waals surface area (Å²) in [5, 5.41) is 3.26. The topological polar surface area (TPSA) is 97.1 Å². The van der Waals surface area contributed by atoms with Gasteiger partial charge in [-0.1, -0.05) is 0 Å². The Balaban J connectivity index is 1.38. The molecule has 0 bridgehead atoms. The molecule has 2 aromatic rings. The predicted octanol–water partition coefficient (Wildman–Crippen LogP) is 4.03. The number of alkyl halides is 3. The number of anilines is 4. The lowest BCUT2D eigenvalue weighted by atomic mass is 9.96. The molecule has 182 valence electrons. The van der Waals surface area contributed by atoms with Crippen LogP contribution in [-0.2, 0) is 9.53 Å². The van der Waals surface area contributed by atoms with Gasteiger partial charge in [0.15, 0.2) is 6.61 Å². The molecule has 0 spiro atoms. The molecule has 3 N–H and O–H groups in total. The molecule has 1 saturated heterocycles. The number of nitrogens with two attached hydrogens (primary N) is 1. The van der Waals surface area contributed by atoms with E-state index >= 15 is 0 Å². The number of hydrogen-bond acceptors (Lipinski definition) is 6. The molecule has 0 aliphatic carbocycles. The lowest BCUT2D eigenvalue weighted by Gasteiger charge is -2.34. The maximum absolute atomic E-state index is 12.9. The van der Waals surface area contributed by atoms with Crippen molar-refractivity contribution in [1.82, 2.24) is 0 Å². The second kappa shape index (κ2) is 9.70. The average Bonchev–Trinajstić information content (AvgIpc) is 2.80. The number of carbonyl (C=O) groups is 2. The van der Waals surface area contributed by atoms with Crippen molar-refractivity contribution in [1.29, 1.82) is 0 Å². The Morgan fingerprint density at radius 1 is 1.12 bits per heavy atom. The van der Waals surface area contributed by atoms with Gasteiger partial charge in [-0.2, -0.15) is 13.2 Å². The van der Waals surface area contributed by atoms with Gasteiger partial charge in [0.05, 0.1) is 18.2 Å². The van der Waals surface area contributed by atoms with Gasteiger partial charge in [0.25, 0.3) is 5.91 Å². The van der Waals surface area contributed by atoms with Crippen LogP contribution in [0.5, 0.6) is 5.75 Å². The first-order valence-electron chi connectivity index (χ1n) is 10.9. The van der Waals surface area contributed by atoms with Crippen molar-refractivity contribution in [2.75, 3.05) is 48.0 Å². The summed E-state index contributed by atoms with van der Waals surface area (Å²) in [7, 11) is 0. The van der Waals surface area contributed by atoms with Gasteiger partial charge in [-0.05, 0) is 49.2 Å². The number of carbonyl (C=O) groups excluding carboxylic acids is 2. The first-order chi connectivity index (χ1) is 16.2. The van der Waals surface area contributed by atoms with Crippen LogP contribution < -0.4 is 25.6 Å². The summed E-state index contributed by atoms with van der Waals surface area (Å²) >= 11 is 0. The van der Waals surface area contributed by atoms with E-state index in [1.54, 1.807) is 18.2 Å². The van der Waals surface area contributed by atoms with Crippen molar-refractivity contribution in [3.63, 3.8) is 0 Å². The largest absolute Gasteiger partial charge is 0.481 e. The summed E-state index contributed by atoms with van der Waals surface area (Å²) < 4.78 is 48.9. The zero-order valence-corrected chi connectivity index (χ0v) is 18.3. The fraction of sp³-hybridized carbons (Fsp3) is 0.391. The maximum atomic E-state index is 12.9. The van der Waals surface area contributed by atoms with E-state index in [2.05, 4.69) is 5.32 Å². The van der Waals surface area contributed by atoms with Crippen LogP contribution in [0.1, 0.15) is 12.8 Å². The number of hydrogen-bond donors (Lipinski definition) is 2. The lowest BCUT2D eigenvalue weighted by Crippen LogP contribution is -2.41. The molecule has 0 atom stereocenters. The van der Waals surface area contributed by atoms with Crippen LogP contribution in [0.3, 0.4) is 0 Å². The molecule has 0 saturated carbocycles. The third kappa shape index (κ3) is 5.46. The van der Waals surface area contributed by atoms with E-state index in [0.717, 1.165) is 17.1 Å². The molecule has 34 heavy (non-hydrogen) atoms. The molecule has 11 heteroatoms. The first-order valence-corrected chi connectivity index (χ1v) is 10.9. The number of nitrogens with zero attached hydrogens (tertiary/aromatic N) is 2. The van der Waals surface area contributed by atoms with Crippen molar-refractivity contribution in [3.8, 4) is 5.75 Å². The molecule has 0 aromatic heterocycles. The van der Waals surface area contributed by atoms with Crippen molar-refractivity contribution >= 4 is 34.7 Å². The molecule has 4 rings (SSSR count). The predicted molar refractivity (Wildman–Crippen MR) is 121 cm³/mol. The first kappa shape index (κ1) is 23.5. The summed E-state index contributed by atoms with van der Waals surface area (Å²) in [6.07, 6.45) is -4.82. The Morgan fingerprint density at radius 3 is 2.44 bits per heavy atom. The summed E-state index contributed by atoms with van der Waals surface area (Å²) in [5.74, 6) is -0.971. The number of rotatable bonds is 6. The number of halogens is 3. The Hall–Kier alpha value is -3.63. The van der Waals surface area contributed by atoms with E-state index in [9.17, 15) is 22.8 Å². The molecule has 0 radical (unpaired) electrons. The molecule has 2 heterocycles. The average molecular weight is 478 g/mol. The number of amides is 2. The summed E-state index contributed by atoms with van der Waals surface area (Å²) in [4.78, 5) is 26.4. The standard InChI is InChI=1S/C23H25F3N4O4/c24-23(25,26)15-7-9-29(10-8-15)18-4-1-16(2-5-18)28-17-3-6-19-20(13-17)34-14-21(31)30(19)11-12-33-22(27)32/h1-6,13,15,28H,7-12,14H2,(H2,27,32). The van der Waals surface area contributed by atoms with E-state index in [1.807, 2.05) is 29.2 Å². The smallest absolute Gasteiger partial charge is 0.404 e. The van der Waals surface area contributed by atoms with Gasteiger partial charge in [0.2, 0.25) is 0 Å². The van der Waals surface area contributed by atoms with Gasteiger partial charge in [0, 0.05) is 36.2 Å². The quantitative estimate of drug-likeness (QED) is 0.651. The van der Waals surface area contributed by atoms with E-state index in [-0.39, 0.29) is 38.5 Å². The molecule has 0 unspecified atom stereocenters. The van der Waals surface area contributed by atoms with Crippen molar-refractivity contribution in [2.45, 2.75) is 19.0 Å². The molecule has 1 fully saturated rings. The Bertz CT molecular complexity index is 1040. The Kier molecular flexibility index (Phi) is 6.71. The number of fused-ring (bicyclic) bond motifs is 1. The Labute approximate surface area is 194 Å². The van der Waals surface area contributed by atoms with Crippen molar-refractivity contribution in [2.24, 2.45) is 11.7 Å². The van der Waals surface area contributed by atoms with E-state index in [1.165, 1.54) is 4.90 Å². The van der Waals surface area contributed by atoms with E-state index in [0.29, 0.717) is 24.5 Å². The fourth-order valence-electron chi connectivity index (χ4n) is 4.15. The molecule has 2 amide bonds. The molecular formula is C23H25F3N4O4. The normalized spacial score (nSPS) is 16.6. The Morgan fingerprint density at radius 2 is 1.79 bits per heavy atom. The minimum absolute atomic E-state index is 0.0270. The van der Waals surface area contributed by atoms with Crippen LogP contribution in [-0.4, -0.2) is 51.0 Å². The molecular weight excluding hydrogens is 453 g/mol. The van der Waals surface area contributed by atoms with Gasteiger partial charge in [-0.3, -0.25) is 4.79 Å². The van der Waals surface area contributed by atoms with Gasteiger partial charge in [-0.25, -0.2) is 4.79 Å². The van der Waals surface area contributed by atoms with Crippen LogP contribution in [0.25, 0.3) is 0 Å². The highest BCUT2D eigenvalue weighted by Gasteiger charge is 2.41. The second-order valence-corrected chi connectivity index (χ2v) is 8.16. The number of ether oxygens (including phenoxy) is 2. The highest BCUT2D eigenvalue weighted by atomic mass is 19.4. The lowest BCUT2D eigenvalue weighted by molar-refractivity contribution is -0.179. The number of benzene rings is 2. The van der Waals surface area contributed by atoms with Gasteiger partial charge < -0.3 is 30.3 Å². The molecule has 2 aliphatic heterocycles. The second-order valence-electron chi connectivity index (χ2n) is 8.16. The van der Waals surface area contributed by atoms with Crippen LogP contribution in [0.2, 0.25) is 0 Å². The minimum Gasteiger partial charge on any atom is -0.481 e. The van der Waals surface area contributed by atoms with Crippen LogP contribution in [0.15, 0.2) is 42.5 Å². The van der Waals surface area contributed by atoms with Gasteiger partial charge in [-0.15, -0.1) is 0 Å². The van der Waals surface area contributed by atoms with E-state index < -0.39 is 18.2 Å². The fourth-order valence-corrected chi connectivity index (χ4v) is 4.15. The summed E-state index contributed by atoms with van der Waals surface area (Å²) in [5.41, 5.74) is 7.94.